The van der Waals surface area contributed by atoms with Crippen LogP contribution in [-0.4, -0.2) is 22.0 Å². The summed E-state index contributed by atoms with van der Waals surface area (Å²) in [5.74, 6) is 0.740. The zero-order valence-electron chi connectivity index (χ0n) is 6.13. The molecule has 0 saturated heterocycles. The normalized spacial score (nSPS) is 9.80. The molecule has 56 valence electrons. The van der Waals surface area contributed by atoms with Crippen LogP contribution in [0.25, 0.3) is 0 Å². The van der Waals surface area contributed by atoms with Crippen molar-refractivity contribution in [3.8, 4) is 0 Å². The molecule has 1 heterocycles. The number of aryl methyl sites for hydroxylation is 1. The minimum atomic E-state index is 0.740. The number of nitrogens with zero attached hydrogens (tertiary/aromatic N) is 3. The summed E-state index contributed by atoms with van der Waals surface area (Å²) in [5.41, 5.74) is 5.57. The Morgan fingerprint density at radius 1 is 1.70 bits per heavy atom. The molecule has 0 aromatic carbocycles. The van der Waals surface area contributed by atoms with E-state index in [1.807, 2.05) is 13.1 Å². The SMILES string of the molecule is CCn1cc(NNC)nn1. The van der Waals surface area contributed by atoms with E-state index in [1.54, 1.807) is 11.7 Å². The van der Waals surface area contributed by atoms with Gasteiger partial charge in [-0.3, -0.25) is 4.68 Å². The van der Waals surface area contributed by atoms with Crippen LogP contribution in [0, 0.1) is 0 Å². The topological polar surface area (TPSA) is 54.8 Å². The quantitative estimate of drug-likeness (QED) is 0.574. The fourth-order valence-electron chi connectivity index (χ4n) is 0.638. The second-order valence-electron chi connectivity index (χ2n) is 1.83. The van der Waals surface area contributed by atoms with E-state index in [9.17, 15) is 0 Å². The predicted octanol–water partition coefficient (Wildman–Crippen LogP) is -0.156. The monoisotopic (exact) mass is 141 g/mol. The maximum Gasteiger partial charge on any atom is 0.182 e. The van der Waals surface area contributed by atoms with E-state index >= 15 is 0 Å². The lowest BCUT2D eigenvalue weighted by Gasteiger charge is -1.94. The lowest BCUT2D eigenvalue weighted by molar-refractivity contribution is 0.627. The summed E-state index contributed by atoms with van der Waals surface area (Å²) in [6.07, 6.45) is 1.83. The highest BCUT2D eigenvalue weighted by atomic mass is 15.5. The van der Waals surface area contributed by atoms with Crippen molar-refractivity contribution in [2.45, 2.75) is 13.5 Å². The molecule has 0 saturated carbocycles. The Balaban J connectivity index is 2.59. The average molecular weight is 141 g/mol. The third-order valence-corrected chi connectivity index (χ3v) is 1.12. The van der Waals surface area contributed by atoms with Crippen molar-refractivity contribution in [2.24, 2.45) is 0 Å². The van der Waals surface area contributed by atoms with Gasteiger partial charge in [-0.1, -0.05) is 5.21 Å². The van der Waals surface area contributed by atoms with Crippen molar-refractivity contribution in [3.63, 3.8) is 0 Å². The highest BCUT2D eigenvalue weighted by Gasteiger charge is 1.94. The molecule has 10 heavy (non-hydrogen) atoms. The Labute approximate surface area is 59.4 Å². The molecule has 0 aliphatic carbocycles. The highest BCUT2D eigenvalue weighted by Crippen LogP contribution is 1.95. The van der Waals surface area contributed by atoms with Crippen LogP contribution in [0.5, 0.6) is 0 Å². The van der Waals surface area contributed by atoms with Crippen molar-refractivity contribution >= 4 is 5.82 Å². The molecular weight excluding hydrogens is 130 g/mol. The van der Waals surface area contributed by atoms with Crippen LogP contribution in [-0.2, 0) is 6.54 Å². The van der Waals surface area contributed by atoms with E-state index in [0.717, 1.165) is 12.4 Å². The number of hydrogen-bond donors (Lipinski definition) is 2. The Hall–Kier alpha value is -1.10. The second kappa shape index (κ2) is 3.17. The van der Waals surface area contributed by atoms with Crippen molar-refractivity contribution in [1.29, 1.82) is 0 Å². The summed E-state index contributed by atoms with van der Waals surface area (Å²) < 4.78 is 1.75. The maximum atomic E-state index is 3.82. The summed E-state index contributed by atoms with van der Waals surface area (Å²) in [4.78, 5) is 0. The van der Waals surface area contributed by atoms with Crippen molar-refractivity contribution < 1.29 is 0 Å². The summed E-state index contributed by atoms with van der Waals surface area (Å²) in [6, 6.07) is 0. The first-order valence-electron chi connectivity index (χ1n) is 3.19. The van der Waals surface area contributed by atoms with Gasteiger partial charge in [-0.25, -0.2) is 5.43 Å². The average Bonchev–Trinajstić information content (AvgIpc) is 2.37. The molecule has 0 fully saturated rings. The molecule has 5 heteroatoms. The standard InChI is InChI=1S/C5H11N5/c1-3-10-4-5(7-6-2)8-9-10/h4,6-7H,3H2,1-2H3. The van der Waals surface area contributed by atoms with Crippen LogP contribution in [0.4, 0.5) is 5.82 Å². The Morgan fingerprint density at radius 3 is 3.00 bits per heavy atom. The van der Waals surface area contributed by atoms with Gasteiger partial charge in [-0.05, 0) is 6.92 Å². The van der Waals surface area contributed by atoms with Crippen LogP contribution in [0.1, 0.15) is 6.92 Å². The molecule has 2 N–H and O–H groups in total. The Bertz CT molecular complexity index is 194. The van der Waals surface area contributed by atoms with Gasteiger partial charge in [0, 0.05) is 13.6 Å². The van der Waals surface area contributed by atoms with Gasteiger partial charge < -0.3 is 5.43 Å². The number of anilines is 1. The van der Waals surface area contributed by atoms with Crippen LogP contribution in [0.2, 0.25) is 0 Å². The van der Waals surface area contributed by atoms with Gasteiger partial charge in [0.15, 0.2) is 5.82 Å². The first kappa shape index (κ1) is 7.01. The molecule has 0 aliphatic heterocycles. The number of nitrogens with one attached hydrogen (secondary N) is 2. The van der Waals surface area contributed by atoms with Gasteiger partial charge in [0.1, 0.15) is 0 Å². The Morgan fingerprint density at radius 2 is 2.50 bits per heavy atom. The van der Waals surface area contributed by atoms with Gasteiger partial charge in [0.2, 0.25) is 0 Å². The molecule has 1 rings (SSSR count). The highest BCUT2D eigenvalue weighted by molar-refractivity contribution is 5.26. The Kier molecular flexibility index (Phi) is 2.22. The molecule has 1 aromatic rings. The zero-order valence-corrected chi connectivity index (χ0v) is 6.13. The predicted molar refractivity (Wildman–Crippen MR) is 38.4 cm³/mol. The molecule has 0 atom stereocenters. The largest absolute Gasteiger partial charge is 0.303 e. The molecule has 0 bridgehead atoms. The molecule has 1 aromatic heterocycles. The molecule has 5 nitrogen and oxygen atoms in total. The van der Waals surface area contributed by atoms with Gasteiger partial charge in [0.25, 0.3) is 0 Å². The lowest BCUT2D eigenvalue weighted by atomic mass is 10.7. The van der Waals surface area contributed by atoms with E-state index in [-0.39, 0.29) is 0 Å². The van der Waals surface area contributed by atoms with E-state index in [0.29, 0.717) is 0 Å². The van der Waals surface area contributed by atoms with Gasteiger partial charge in [-0.2, -0.15) is 0 Å². The minimum Gasteiger partial charge on any atom is -0.303 e. The third-order valence-electron chi connectivity index (χ3n) is 1.12. The smallest absolute Gasteiger partial charge is 0.182 e. The van der Waals surface area contributed by atoms with Gasteiger partial charge in [-0.15, -0.1) is 5.10 Å². The number of hydrazine groups is 1. The molecule has 0 spiro atoms. The zero-order chi connectivity index (χ0) is 7.40. The number of hydrogen-bond acceptors (Lipinski definition) is 4. The fraction of sp³-hybridized carbons (Fsp3) is 0.600. The van der Waals surface area contributed by atoms with E-state index in [2.05, 4.69) is 21.2 Å². The summed E-state index contributed by atoms with van der Waals surface area (Å²) in [7, 11) is 1.78. The van der Waals surface area contributed by atoms with Gasteiger partial charge >= 0.3 is 0 Å². The summed E-state index contributed by atoms with van der Waals surface area (Å²) in [5, 5.41) is 7.63. The molecule has 0 aliphatic rings. The van der Waals surface area contributed by atoms with Crippen LogP contribution in [0.3, 0.4) is 0 Å². The molecule has 0 unspecified atom stereocenters. The first-order valence-corrected chi connectivity index (χ1v) is 3.19. The maximum absolute atomic E-state index is 3.82. The lowest BCUT2D eigenvalue weighted by Crippen LogP contribution is -2.15. The fourth-order valence-corrected chi connectivity index (χ4v) is 0.638. The molecule has 0 radical (unpaired) electrons. The third kappa shape index (κ3) is 1.44. The van der Waals surface area contributed by atoms with Gasteiger partial charge in [0.05, 0.1) is 6.20 Å². The van der Waals surface area contributed by atoms with E-state index < -0.39 is 0 Å². The van der Waals surface area contributed by atoms with E-state index in [1.165, 1.54) is 0 Å². The van der Waals surface area contributed by atoms with E-state index in [4.69, 9.17) is 0 Å². The second-order valence-corrected chi connectivity index (χ2v) is 1.83. The van der Waals surface area contributed by atoms with Crippen LogP contribution in [0.15, 0.2) is 6.20 Å². The summed E-state index contributed by atoms with van der Waals surface area (Å²) >= 11 is 0. The minimum absolute atomic E-state index is 0.740. The van der Waals surface area contributed by atoms with Crippen LogP contribution >= 0.6 is 0 Å². The van der Waals surface area contributed by atoms with Crippen molar-refractivity contribution in [3.05, 3.63) is 6.20 Å². The number of aromatic nitrogens is 3. The van der Waals surface area contributed by atoms with Crippen molar-refractivity contribution in [2.75, 3.05) is 12.5 Å². The first-order chi connectivity index (χ1) is 4.86. The molecule has 0 amide bonds. The van der Waals surface area contributed by atoms with Crippen LogP contribution < -0.4 is 10.9 Å². The number of rotatable bonds is 3. The van der Waals surface area contributed by atoms with Crippen molar-refractivity contribution in [1.82, 2.24) is 20.4 Å². The molecular formula is C5H11N5. The summed E-state index contributed by atoms with van der Waals surface area (Å²) in [6.45, 7) is 2.86.